The van der Waals surface area contributed by atoms with E-state index in [2.05, 4.69) is 0 Å². The van der Waals surface area contributed by atoms with E-state index in [4.69, 9.17) is 10.5 Å². The molecule has 0 saturated heterocycles. The quantitative estimate of drug-likeness (QED) is 0.820. The van der Waals surface area contributed by atoms with Gasteiger partial charge in [0.25, 0.3) is 6.43 Å². The van der Waals surface area contributed by atoms with Gasteiger partial charge in [0.15, 0.2) is 0 Å². The number of ether oxygens (including phenoxy) is 1. The van der Waals surface area contributed by atoms with Crippen molar-refractivity contribution >= 4 is 0 Å². The molecular formula is C9H10F3NO. The molecule has 0 aliphatic carbocycles. The van der Waals surface area contributed by atoms with Gasteiger partial charge in [-0.3, -0.25) is 0 Å². The topological polar surface area (TPSA) is 35.2 Å². The standard InChI is InChI=1S/C9H10F3NO/c1-14-7-3-2-5(10)4-6(7)8(13)9(11)12/h2-4,8-9H,13H2,1H3. The van der Waals surface area contributed by atoms with Crippen LogP contribution in [0.1, 0.15) is 11.6 Å². The fourth-order valence-electron chi connectivity index (χ4n) is 1.10. The number of hydrogen-bond acceptors (Lipinski definition) is 2. The molecule has 0 bridgehead atoms. The summed E-state index contributed by atoms with van der Waals surface area (Å²) in [4.78, 5) is 0. The van der Waals surface area contributed by atoms with Crippen LogP contribution in [0.15, 0.2) is 18.2 Å². The van der Waals surface area contributed by atoms with Crippen LogP contribution in [-0.4, -0.2) is 13.5 Å². The minimum absolute atomic E-state index is 0.0255. The number of hydrogen-bond donors (Lipinski definition) is 1. The smallest absolute Gasteiger partial charge is 0.257 e. The average Bonchev–Trinajstić information content (AvgIpc) is 2.16. The van der Waals surface area contributed by atoms with Gasteiger partial charge < -0.3 is 10.5 Å². The van der Waals surface area contributed by atoms with E-state index in [0.29, 0.717) is 0 Å². The van der Waals surface area contributed by atoms with E-state index in [-0.39, 0.29) is 11.3 Å². The first-order valence-corrected chi connectivity index (χ1v) is 3.93. The number of nitrogens with two attached hydrogens (primary N) is 1. The SMILES string of the molecule is COc1ccc(F)cc1C(N)C(F)F. The summed E-state index contributed by atoms with van der Waals surface area (Å²) >= 11 is 0. The molecule has 0 radical (unpaired) electrons. The summed E-state index contributed by atoms with van der Waals surface area (Å²) in [6.45, 7) is 0. The first-order chi connectivity index (χ1) is 6.56. The van der Waals surface area contributed by atoms with Crippen molar-refractivity contribution in [3.63, 3.8) is 0 Å². The van der Waals surface area contributed by atoms with E-state index in [1.165, 1.54) is 13.2 Å². The summed E-state index contributed by atoms with van der Waals surface area (Å²) < 4.78 is 42.1. The molecule has 0 heterocycles. The largest absolute Gasteiger partial charge is 0.496 e. The van der Waals surface area contributed by atoms with Gasteiger partial charge in [-0.25, -0.2) is 13.2 Å². The third-order valence-corrected chi connectivity index (χ3v) is 1.82. The Balaban J connectivity index is 3.10. The first-order valence-electron chi connectivity index (χ1n) is 3.93. The highest BCUT2D eigenvalue weighted by atomic mass is 19.3. The van der Waals surface area contributed by atoms with Gasteiger partial charge in [-0.1, -0.05) is 0 Å². The number of benzene rings is 1. The maximum Gasteiger partial charge on any atom is 0.257 e. The van der Waals surface area contributed by atoms with Crippen LogP contribution in [0.3, 0.4) is 0 Å². The van der Waals surface area contributed by atoms with Gasteiger partial charge in [-0.15, -0.1) is 0 Å². The molecule has 78 valence electrons. The summed E-state index contributed by atoms with van der Waals surface area (Å²) in [5.74, 6) is -0.448. The van der Waals surface area contributed by atoms with Crippen LogP contribution in [0.2, 0.25) is 0 Å². The maximum absolute atomic E-state index is 12.8. The van der Waals surface area contributed by atoms with Crippen LogP contribution < -0.4 is 10.5 Å². The molecule has 1 atom stereocenters. The first kappa shape index (κ1) is 10.8. The highest BCUT2D eigenvalue weighted by Gasteiger charge is 2.21. The summed E-state index contributed by atoms with van der Waals surface area (Å²) in [6.07, 6.45) is -2.74. The molecule has 2 nitrogen and oxygen atoms in total. The normalized spacial score (nSPS) is 13.0. The molecule has 0 aromatic heterocycles. The number of rotatable bonds is 3. The Hall–Kier alpha value is -1.23. The van der Waals surface area contributed by atoms with Gasteiger partial charge in [0, 0.05) is 5.56 Å². The second-order valence-corrected chi connectivity index (χ2v) is 2.75. The highest BCUT2D eigenvalue weighted by Crippen LogP contribution is 2.27. The Morgan fingerprint density at radius 3 is 2.50 bits per heavy atom. The second kappa shape index (κ2) is 4.32. The predicted molar refractivity (Wildman–Crippen MR) is 45.9 cm³/mol. The summed E-state index contributed by atoms with van der Waals surface area (Å²) in [5.41, 5.74) is 5.16. The van der Waals surface area contributed by atoms with Crippen molar-refractivity contribution in [1.82, 2.24) is 0 Å². The van der Waals surface area contributed by atoms with Crippen LogP contribution in [-0.2, 0) is 0 Å². The maximum atomic E-state index is 12.8. The summed E-state index contributed by atoms with van der Waals surface area (Å²) in [5, 5.41) is 0. The van der Waals surface area contributed by atoms with Gasteiger partial charge in [0.1, 0.15) is 11.6 Å². The van der Waals surface area contributed by atoms with Gasteiger partial charge in [0.2, 0.25) is 0 Å². The molecule has 0 amide bonds. The lowest BCUT2D eigenvalue weighted by atomic mass is 10.1. The van der Waals surface area contributed by atoms with E-state index < -0.39 is 18.3 Å². The molecule has 1 aromatic carbocycles. The van der Waals surface area contributed by atoms with Crippen molar-refractivity contribution in [3.05, 3.63) is 29.6 Å². The minimum atomic E-state index is -2.74. The zero-order chi connectivity index (χ0) is 10.7. The van der Waals surface area contributed by atoms with E-state index in [1.807, 2.05) is 0 Å². The molecular weight excluding hydrogens is 195 g/mol. The fourth-order valence-corrected chi connectivity index (χ4v) is 1.10. The third kappa shape index (κ3) is 2.17. The van der Waals surface area contributed by atoms with Gasteiger partial charge in [-0.2, -0.15) is 0 Å². The van der Waals surface area contributed by atoms with Crippen molar-refractivity contribution in [2.75, 3.05) is 7.11 Å². The lowest BCUT2D eigenvalue weighted by Gasteiger charge is -2.14. The molecule has 0 fully saturated rings. The molecule has 1 rings (SSSR count). The van der Waals surface area contributed by atoms with E-state index in [1.54, 1.807) is 0 Å². The van der Waals surface area contributed by atoms with Crippen molar-refractivity contribution < 1.29 is 17.9 Å². The molecule has 5 heteroatoms. The zero-order valence-corrected chi connectivity index (χ0v) is 7.51. The lowest BCUT2D eigenvalue weighted by molar-refractivity contribution is 0.115. The van der Waals surface area contributed by atoms with E-state index in [9.17, 15) is 13.2 Å². The Kier molecular flexibility index (Phi) is 3.35. The Morgan fingerprint density at radius 2 is 2.00 bits per heavy atom. The van der Waals surface area contributed by atoms with E-state index >= 15 is 0 Å². The van der Waals surface area contributed by atoms with E-state index in [0.717, 1.165) is 12.1 Å². The molecule has 0 spiro atoms. The Morgan fingerprint density at radius 1 is 1.36 bits per heavy atom. The monoisotopic (exact) mass is 205 g/mol. The number of halogens is 3. The second-order valence-electron chi connectivity index (χ2n) is 2.75. The Labute approximate surface area is 79.5 Å². The highest BCUT2D eigenvalue weighted by molar-refractivity contribution is 5.36. The molecule has 14 heavy (non-hydrogen) atoms. The minimum Gasteiger partial charge on any atom is -0.496 e. The van der Waals surface area contributed by atoms with Gasteiger partial charge >= 0.3 is 0 Å². The van der Waals surface area contributed by atoms with Gasteiger partial charge in [-0.05, 0) is 18.2 Å². The molecule has 0 aliphatic rings. The van der Waals surface area contributed by atoms with Crippen LogP contribution in [0.25, 0.3) is 0 Å². The number of methoxy groups -OCH3 is 1. The fraction of sp³-hybridized carbons (Fsp3) is 0.333. The summed E-state index contributed by atoms with van der Waals surface area (Å²) in [7, 11) is 1.31. The van der Waals surface area contributed by atoms with Crippen LogP contribution in [0.4, 0.5) is 13.2 Å². The molecule has 1 unspecified atom stereocenters. The van der Waals surface area contributed by atoms with Crippen LogP contribution in [0.5, 0.6) is 5.75 Å². The van der Waals surface area contributed by atoms with Gasteiger partial charge in [0.05, 0.1) is 13.2 Å². The van der Waals surface area contributed by atoms with Crippen molar-refractivity contribution in [2.45, 2.75) is 12.5 Å². The Bertz CT molecular complexity index is 317. The third-order valence-electron chi connectivity index (χ3n) is 1.82. The van der Waals surface area contributed by atoms with Crippen molar-refractivity contribution in [3.8, 4) is 5.75 Å². The van der Waals surface area contributed by atoms with Crippen LogP contribution in [0, 0.1) is 5.82 Å². The van der Waals surface area contributed by atoms with Crippen molar-refractivity contribution in [1.29, 1.82) is 0 Å². The molecule has 0 saturated carbocycles. The summed E-state index contributed by atoms with van der Waals surface area (Å²) in [6, 6.07) is 1.82. The average molecular weight is 205 g/mol. The molecule has 1 aromatic rings. The molecule has 0 aliphatic heterocycles. The lowest BCUT2D eigenvalue weighted by Crippen LogP contribution is -2.19. The predicted octanol–water partition coefficient (Wildman–Crippen LogP) is 2.10. The number of alkyl halides is 2. The van der Waals surface area contributed by atoms with Crippen molar-refractivity contribution in [2.24, 2.45) is 5.73 Å². The molecule has 2 N–H and O–H groups in total. The van der Waals surface area contributed by atoms with Crippen LogP contribution >= 0.6 is 0 Å². The zero-order valence-electron chi connectivity index (χ0n) is 7.51.